The second kappa shape index (κ2) is 8.71. The summed E-state index contributed by atoms with van der Waals surface area (Å²) in [6, 6.07) is 9.53. The number of nitrogens with zero attached hydrogens (tertiary/aromatic N) is 2. The lowest BCUT2D eigenvalue weighted by Gasteiger charge is -2.25. The number of thiophene rings is 1. The first-order valence-corrected chi connectivity index (χ1v) is 12.3. The molecule has 0 unspecified atom stereocenters. The van der Waals surface area contributed by atoms with Crippen LogP contribution < -0.4 is 5.32 Å². The number of hydrogen-bond acceptors (Lipinski definition) is 6. The van der Waals surface area contributed by atoms with Crippen molar-refractivity contribution in [1.82, 2.24) is 10.2 Å². The lowest BCUT2D eigenvalue weighted by atomic mass is 9.83. The molecule has 1 aromatic carbocycles. The molecule has 0 spiro atoms. The van der Waals surface area contributed by atoms with E-state index in [1.165, 1.54) is 23.1 Å². The highest BCUT2D eigenvalue weighted by Crippen LogP contribution is 2.44. The molecule has 1 fully saturated rings. The van der Waals surface area contributed by atoms with Crippen molar-refractivity contribution < 1.29 is 4.79 Å². The van der Waals surface area contributed by atoms with Crippen LogP contribution in [0.4, 0.5) is 5.13 Å². The Labute approximate surface area is 185 Å². The van der Waals surface area contributed by atoms with E-state index in [9.17, 15) is 4.79 Å². The summed E-state index contributed by atoms with van der Waals surface area (Å²) < 4.78 is 0.790. The number of halogens is 2. The van der Waals surface area contributed by atoms with Crippen LogP contribution in [0.25, 0.3) is 0 Å². The molecule has 1 aliphatic rings. The Hall–Kier alpha value is -1.12. The van der Waals surface area contributed by atoms with Crippen molar-refractivity contribution in [3.8, 4) is 0 Å². The van der Waals surface area contributed by atoms with Gasteiger partial charge in [-0.05, 0) is 42.0 Å². The van der Waals surface area contributed by atoms with Crippen LogP contribution >= 0.6 is 57.6 Å². The van der Waals surface area contributed by atoms with Gasteiger partial charge in [0.2, 0.25) is 11.0 Å². The van der Waals surface area contributed by atoms with Gasteiger partial charge in [0.1, 0.15) is 0 Å². The molecule has 0 bridgehead atoms. The summed E-state index contributed by atoms with van der Waals surface area (Å²) in [5, 5.41) is 15.2. The summed E-state index contributed by atoms with van der Waals surface area (Å²) in [7, 11) is 0. The van der Waals surface area contributed by atoms with Crippen molar-refractivity contribution in [3.63, 3.8) is 0 Å². The second-order valence-electron chi connectivity index (χ2n) is 6.62. The Morgan fingerprint density at radius 3 is 2.75 bits per heavy atom. The molecular formula is C19H17Cl2N3OS3. The van der Waals surface area contributed by atoms with Gasteiger partial charge in [0.15, 0.2) is 4.34 Å². The first-order valence-electron chi connectivity index (χ1n) is 8.82. The lowest BCUT2D eigenvalue weighted by Crippen LogP contribution is -2.37. The molecule has 1 aliphatic carbocycles. The monoisotopic (exact) mass is 469 g/mol. The zero-order chi connectivity index (χ0) is 19.6. The van der Waals surface area contributed by atoms with Crippen molar-refractivity contribution in [3.05, 3.63) is 56.2 Å². The molecule has 0 radical (unpaired) electrons. The molecule has 0 saturated heterocycles. The molecule has 0 atom stereocenters. The van der Waals surface area contributed by atoms with E-state index in [2.05, 4.69) is 21.6 Å². The Kier molecular flexibility index (Phi) is 6.27. The fraction of sp³-hybridized carbons (Fsp3) is 0.316. The van der Waals surface area contributed by atoms with Gasteiger partial charge in [-0.15, -0.1) is 21.5 Å². The fourth-order valence-corrected chi connectivity index (χ4v) is 6.72. The van der Waals surface area contributed by atoms with E-state index in [1.807, 2.05) is 23.6 Å². The normalized spacial score (nSPS) is 15.6. The highest BCUT2D eigenvalue weighted by Gasteiger charge is 2.43. The number of hydrogen-bond donors (Lipinski definition) is 1. The third-order valence-electron chi connectivity index (χ3n) is 4.88. The molecule has 9 heteroatoms. The van der Waals surface area contributed by atoms with E-state index in [0.29, 0.717) is 20.9 Å². The molecule has 1 saturated carbocycles. The van der Waals surface area contributed by atoms with Crippen LogP contribution in [0.3, 0.4) is 0 Å². The summed E-state index contributed by atoms with van der Waals surface area (Å²) >= 11 is 16.7. The first kappa shape index (κ1) is 20.2. The maximum atomic E-state index is 13.1. The summed E-state index contributed by atoms with van der Waals surface area (Å²) in [6.07, 6.45) is 3.92. The number of aromatic nitrogens is 2. The lowest BCUT2D eigenvalue weighted by molar-refractivity contribution is -0.121. The molecule has 4 nitrogen and oxygen atoms in total. The Morgan fingerprint density at radius 1 is 1.21 bits per heavy atom. The average molecular weight is 470 g/mol. The fourth-order valence-electron chi connectivity index (χ4n) is 3.43. The molecule has 2 heterocycles. The van der Waals surface area contributed by atoms with Crippen LogP contribution in [0, 0.1) is 0 Å². The van der Waals surface area contributed by atoms with Crippen molar-refractivity contribution in [2.75, 3.05) is 5.32 Å². The van der Waals surface area contributed by atoms with E-state index in [1.54, 1.807) is 17.4 Å². The summed E-state index contributed by atoms with van der Waals surface area (Å²) in [6.45, 7) is 0. The zero-order valence-corrected chi connectivity index (χ0v) is 18.7. The predicted molar refractivity (Wildman–Crippen MR) is 119 cm³/mol. The predicted octanol–water partition coefficient (Wildman–Crippen LogP) is 6.65. The van der Waals surface area contributed by atoms with Crippen LogP contribution in [0.1, 0.15) is 36.1 Å². The standard InChI is InChI=1S/C19H17Cl2N3OS3/c20-13-6-5-12(14(21)10-13)11-27-18-24-23-17(28-18)22-16(25)19(7-1-2-8-19)15-4-3-9-26-15/h3-6,9-10H,1-2,7-8,11H2,(H,22,23,25). The maximum absolute atomic E-state index is 13.1. The minimum Gasteiger partial charge on any atom is -0.300 e. The smallest absolute Gasteiger partial charge is 0.237 e. The molecule has 1 amide bonds. The van der Waals surface area contributed by atoms with Gasteiger partial charge in [-0.25, -0.2) is 0 Å². The van der Waals surface area contributed by atoms with Crippen LogP contribution in [-0.2, 0) is 16.0 Å². The van der Waals surface area contributed by atoms with Crippen molar-refractivity contribution in [2.24, 2.45) is 0 Å². The van der Waals surface area contributed by atoms with Gasteiger partial charge in [0.05, 0.1) is 5.41 Å². The Bertz CT molecular complexity index is 969. The van der Waals surface area contributed by atoms with E-state index in [0.717, 1.165) is 40.5 Å². The van der Waals surface area contributed by atoms with E-state index < -0.39 is 5.41 Å². The number of nitrogens with one attached hydrogen (secondary N) is 1. The molecule has 146 valence electrons. The van der Waals surface area contributed by atoms with Gasteiger partial charge in [-0.2, -0.15) is 0 Å². The minimum absolute atomic E-state index is 0.0286. The average Bonchev–Trinajstić information content (AvgIpc) is 3.42. The molecule has 0 aliphatic heterocycles. The number of carbonyl (C=O) groups excluding carboxylic acids is 1. The van der Waals surface area contributed by atoms with E-state index >= 15 is 0 Å². The number of rotatable bonds is 6. The van der Waals surface area contributed by atoms with Gasteiger partial charge in [-0.3, -0.25) is 10.1 Å². The number of carbonyl (C=O) groups is 1. The van der Waals surface area contributed by atoms with Gasteiger partial charge < -0.3 is 0 Å². The summed E-state index contributed by atoms with van der Waals surface area (Å²) in [5.74, 6) is 0.693. The van der Waals surface area contributed by atoms with Gasteiger partial charge in [0, 0.05) is 20.7 Å². The zero-order valence-electron chi connectivity index (χ0n) is 14.8. The highest BCUT2D eigenvalue weighted by atomic mass is 35.5. The SMILES string of the molecule is O=C(Nc1nnc(SCc2ccc(Cl)cc2Cl)s1)C1(c2cccs2)CCCC1. The van der Waals surface area contributed by atoms with Gasteiger partial charge >= 0.3 is 0 Å². The van der Waals surface area contributed by atoms with Crippen molar-refractivity contribution >= 4 is 68.7 Å². The third kappa shape index (κ3) is 4.24. The van der Waals surface area contributed by atoms with Crippen LogP contribution in [0.15, 0.2) is 40.1 Å². The molecule has 4 rings (SSSR count). The van der Waals surface area contributed by atoms with Gasteiger partial charge in [-0.1, -0.05) is 71.3 Å². The number of amides is 1. The Balaban J connectivity index is 1.42. The number of anilines is 1. The highest BCUT2D eigenvalue weighted by molar-refractivity contribution is 8.00. The minimum atomic E-state index is -0.427. The van der Waals surface area contributed by atoms with Crippen molar-refractivity contribution in [1.29, 1.82) is 0 Å². The van der Waals surface area contributed by atoms with Crippen LogP contribution in [0.2, 0.25) is 10.0 Å². The van der Waals surface area contributed by atoms with Crippen LogP contribution in [0.5, 0.6) is 0 Å². The Morgan fingerprint density at radius 2 is 2.04 bits per heavy atom. The maximum Gasteiger partial charge on any atom is 0.237 e. The molecular weight excluding hydrogens is 453 g/mol. The molecule has 1 N–H and O–H groups in total. The molecule has 2 aromatic heterocycles. The number of benzene rings is 1. The molecule has 3 aromatic rings. The quantitative estimate of drug-likeness (QED) is 0.324. The second-order valence-corrected chi connectivity index (χ2v) is 10.6. The van der Waals surface area contributed by atoms with Gasteiger partial charge in [0.25, 0.3) is 0 Å². The van der Waals surface area contributed by atoms with E-state index in [4.69, 9.17) is 23.2 Å². The third-order valence-corrected chi connectivity index (χ3v) is 8.56. The van der Waals surface area contributed by atoms with Crippen molar-refractivity contribution in [2.45, 2.75) is 41.2 Å². The molecule has 28 heavy (non-hydrogen) atoms. The number of thioether (sulfide) groups is 1. The summed E-state index contributed by atoms with van der Waals surface area (Å²) in [5.41, 5.74) is 0.559. The first-order chi connectivity index (χ1) is 13.6. The topological polar surface area (TPSA) is 54.9 Å². The largest absolute Gasteiger partial charge is 0.300 e. The van der Waals surface area contributed by atoms with E-state index in [-0.39, 0.29) is 5.91 Å². The summed E-state index contributed by atoms with van der Waals surface area (Å²) in [4.78, 5) is 14.2. The van der Waals surface area contributed by atoms with Crippen LogP contribution in [-0.4, -0.2) is 16.1 Å².